The van der Waals surface area contributed by atoms with Crippen molar-refractivity contribution in [3.8, 4) is 11.4 Å². The zero-order valence-electron chi connectivity index (χ0n) is 21.9. The molecule has 1 aliphatic rings. The Morgan fingerprint density at radius 3 is 2.52 bits per heavy atom. The quantitative estimate of drug-likeness (QED) is 0.235. The van der Waals surface area contributed by atoms with Crippen LogP contribution in [0.4, 0.5) is 11.4 Å². The smallest absolute Gasteiger partial charge is 0.339 e. The number of hydrogen-bond donors (Lipinski definition) is 2. The lowest BCUT2D eigenvalue weighted by atomic mass is 10.00. The van der Waals surface area contributed by atoms with Gasteiger partial charge in [0.05, 0.1) is 49.1 Å². The van der Waals surface area contributed by atoms with E-state index in [9.17, 15) is 13.2 Å². The molecule has 206 valence electrons. The highest BCUT2D eigenvalue weighted by atomic mass is 32.2. The fourth-order valence-electron chi connectivity index (χ4n) is 4.88. The first-order valence-corrected chi connectivity index (χ1v) is 14.5. The number of esters is 1. The van der Waals surface area contributed by atoms with E-state index in [-0.39, 0.29) is 11.7 Å². The number of para-hydroxylation sites is 1. The van der Waals surface area contributed by atoms with Crippen molar-refractivity contribution in [1.29, 1.82) is 0 Å². The molecule has 5 rings (SSSR count). The van der Waals surface area contributed by atoms with Gasteiger partial charge in [0, 0.05) is 23.8 Å². The lowest BCUT2D eigenvalue weighted by Crippen LogP contribution is -2.30. The van der Waals surface area contributed by atoms with Gasteiger partial charge in [0.2, 0.25) is 10.0 Å². The van der Waals surface area contributed by atoms with Crippen LogP contribution in [0.1, 0.15) is 33.8 Å². The van der Waals surface area contributed by atoms with Gasteiger partial charge in [0.25, 0.3) is 0 Å². The molecule has 2 aromatic carbocycles. The van der Waals surface area contributed by atoms with Crippen molar-refractivity contribution in [3.05, 3.63) is 102 Å². The number of methoxy groups -OCH3 is 2. The third-order valence-corrected chi connectivity index (χ3v) is 7.41. The Hall–Kier alpha value is -4.42. The van der Waals surface area contributed by atoms with Gasteiger partial charge in [-0.05, 0) is 66.8 Å². The van der Waals surface area contributed by atoms with Crippen LogP contribution in [0.2, 0.25) is 0 Å². The first-order chi connectivity index (χ1) is 19.2. The first kappa shape index (κ1) is 27.2. The summed E-state index contributed by atoms with van der Waals surface area (Å²) < 4.78 is 39.1. The van der Waals surface area contributed by atoms with Crippen molar-refractivity contribution in [2.75, 3.05) is 30.1 Å². The number of carbonyl (C=O) groups excluding carboxylic acids is 1. The summed E-state index contributed by atoms with van der Waals surface area (Å²) in [6, 6.07) is 21.0. The number of nitrogens with one attached hydrogen (secondary N) is 2. The summed E-state index contributed by atoms with van der Waals surface area (Å²) >= 11 is 5.84. The molecule has 2 aromatic heterocycles. The number of benzene rings is 2. The molecular weight excluding hydrogens is 550 g/mol. The Morgan fingerprint density at radius 1 is 1.05 bits per heavy atom. The summed E-state index contributed by atoms with van der Waals surface area (Å²) in [5.74, 6) is -0.0967. The van der Waals surface area contributed by atoms with Crippen LogP contribution in [0, 0.1) is 0 Å². The van der Waals surface area contributed by atoms with Crippen LogP contribution in [0.15, 0.2) is 85.2 Å². The third kappa shape index (κ3) is 5.23. The monoisotopic (exact) mass is 577 g/mol. The second-order valence-electron chi connectivity index (χ2n) is 9.07. The number of aromatic nitrogens is 2. The van der Waals surface area contributed by atoms with Crippen molar-refractivity contribution in [1.82, 2.24) is 14.9 Å². The van der Waals surface area contributed by atoms with E-state index in [0.717, 1.165) is 17.6 Å². The second kappa shape index (κ2) is 11.0. The van der Waals surface area contributed by atoms with E-state index in [0.29, 0.717) is 27.8 Å². The number of sulfonamides is 1. The van der Waals surface area contributed by atoms with Gasteiger partial charge >= 0.3 is 5.97 Å². The van der Waals surface area contributed by atoms with Gasteiger partial charge in [-0.15, -0.1) is 0 Å². The van der Waals surface area contributed by atoms with Crippen molar-refractivity contribution in [2.24, 2.45) is 0 Å². The molecule has 4 aromatic rings. The molecular formula is C28H27N5O5S2. The third-order valence-electron chi connectivity index (χ3n) is 6.51. The van der Waals surface area contributed by atoms with E-state index in [1.165, 1.54) is 14.2 Å². The largest absolute Gasteiger partial charge is 0.495 e. The maximum atomic E-state index is 12.6. The van der Waals surface area contributed by atoms with Crippen molar-refractivity contribution >= 4 is 44.7 Å². The summed E-state index contributed by atoms with van der Waals surface area (Å²) in [5, 5.41) is 3.82. The van der Waals surface area contributed by atoms with Crippen molar-refractivity contribution in [3.63, 3.8) is 0 Å². The number of anilines is 2. The van der Waals surface area contributed by atoms with E-state index >= 15 is 0 Å². The van der Waals surface area contributed by atoms with E-state index in [2.05, 4.69) is 15.0 Å². The molecule has 0 radical (unpaired) electrons. The van der Waals surface area contributed by atoms with Gasteiger partial charge in [-0.3, -0.25) is 9.71 Å². The summed E-state index contributed by atoms with van der Waals surface area (Å²) in [6.07, 6.45) is 4.66. The number of hydrogen-bond acceptors (Lipinski definition) is 7. The fourth-order valence-corrected chi connectivity index (χ4v) is 5.78. The van der Waals surface area contributed by atoms with E-state index in [1.807, 2.05) is 64.2 Å². The number of pyridine rings is 1. The zero-order valence-corrected chi connectivity index (χ0v) is 23.6. The van der Waals surface area contributed by atoms with Gasteiger partial charge in [-0.25, -0.2) is 13.2 Å². The van der Waals surface area contributed by atoms with E-state index in [1.54, 1.807) is 30.5 Å². The lowest BCUT2D eigenvalue weighted by molar-refractivity contribution is 0.0600. The van der Waals surface area contributed by atoms with Crippen molar-refractivity contribution in [2.45, 2.75) is 12.1 Å². The molecule has 3 heterocycles. The van der Waals surface area contributed by atoms with Crippen molar-refractivity contribution < 1.29 is 22.7 Å². The molecule has 1 saturated heterocycles. The van der Waals surface area contributed by atoms with Gasteiger partial charge in [0.1, 0.15) is 11.8 Å². The minimum Gasteiger partial charge on any atom is -0.495 e. The molecule has 12 heteroatoms. The molecule has 2 N–H and O–H groups in total. The standard InChI is InChI=1S/C28H27N5O5S2/c1-37-24-14-13-18(17-21(24)31-40(3,35)36)33-26(25(30-28(33)39)20-10-6-7-15-29-20)23-12-8-16-32(23)22-11-5-4-9-19(22)27(34)38-2/h4-17,25-26,31H,1-3H3,(H,30,39)/t25-,26+/m0/s1. The summed E-state index contributed by atoms with van der Waals surface area (Å²) in [4.78, 5) is 19.1. The summed E-state index contributed by atoms with van der Waals surface area (Å²) in [6.45, 7) is 0. The SMILES string of the molecule is COC(=O)c1ccccc1-n1cccc1[C@@H]1[C@H](c2ccccn2)NC(=S)N1c1ccc(OC)c(NS(C)(=O)=O)c1. The van der Waals surface area contributed by atoms with Crippen LogP contribution in [-0.2, 0) is 14.8 Å². The number of carbonyl (C=O) groups is 1. The molecule has 0 amide bonds. The highest BCUT2D eigenvalue weighted by Crippen LogP contribution is 2.44. The van der Waals surface area contributed by atoms with Gasteiger partial charge in [-0.1, -0.05) is 18.2 Å². The van der Waals surface area contributed by atoms with Crippen LogP contribution < -0.4 is 19.7 Å². The molecule has 0 aliphatic carbocycles. The molecule has 40 heavy (non-hydrogen) atoms. The molecule has 0 bridgehead atoms. The second-order valence-corrected chi connectivity index (χ2v) is 11.2. The predicted octanol–water partition coefficient (Wildman–Crippen LogP) is 4.22. The molecule has 1 aliphatic heterocycles. The van der Waals surface area contributed by atoms with Gasteiger partial charge in [0.15, 0.2) is 5.11 Å². The number of thiocarbonyl (C=S) groups is 1. The minimum absolute atomic E-state index is 0.275. The van der Waals surface area contributed by atoms with Gasteiger partial charge < -0.3 is 24.3 Å². The Morgan fingerprint density at radius 2 is 1.82 bits per heavy atom. The summed E-state index contributed by atoms with van der Waals surface area (Å²) in [7, 11) is -0.772. The molecule has 0 spiro atoms. The molecule has 0 unspecified atom stereocenters. The molecule has 0 saturated carbocycles. The predicted molar refractivity (Wildman–Crippen MR) is 157 cm³/mol. The van der Waals surface area contributed by atoms with Crippen LogP contribution in [-0.4, -0.2) is 49.5 Å². The minimum atomic E-state index is -3.59. The Labute approximate surface area is 237 Å². The number of ether oxygens (including phenoxy) is 2. The van der Waals surface area contributed by atoms with Crippen LogP contribution in [0.3, 0.4) is 0 Å². The average molecular weight is 578 g/mol. The molecule has 1 fully saturated rings. The van der Waals surface area contributed by atoms with Crippen LogP contribution in [0.5, 0.6) is 5.75 Å². The highest BCUT2D eigenvalue weighted by Gasteiger charge is 2.42. The molecule has 10 nitrogen and oxygen atoms in total. The highest BCUT2D eigenvalue weighted by molar-refractivity contribution is 7.92. The van der Waals surface area contributed by atoms with Gasteiger partial charge in [-0.2, -0.15) is 0 Å². The Balaban J connectivity index is 1.69. The van der Waals surface area contributed by atoms with E-state index < -0.39 is 22.0 Å². The van der Waals surface area contributed by atoms with Crippen LogP contribution >= 0.6 is 12.2 Å². The Kier molecular flexibility index (Phi) is 7.46. The normalized spacial score (nSPS) is 16.9. The first-order valence-electron chi connectivity index (χ1n) is 12.2. The maximum Gasteiger partial charge on any atom is 0.339 e. The number of rotatable bonds is 8. The summed E-state index contributed by atoms with van der Waals surface area (Å²) in [5.41, 5.74) is 3.52. The zero-order chi connectivity index (χ0) is 28.4. The topological polar surface area (TPSA) is 115 Å². The Bertz CT molecular complexity index is 1670. The maximum absolute atomic E-state index is 12.6. The van der Waals surface area contributed by atoms with Crippen LogP contribution in [0.25, 0.3) is 5.69 Å². The fraction of sp³-hybridized carbons (Fsp3) is 0.179. The molecule has 2 atom stereocenters. The van der Waals surface area contributed by atoms with E-state index in [4.69, 9.17) is 21.7 Å². The number of nitrogens with zero attached hydrogens (tertiary/aromatic N) is 3. The average Bonchev–Trinajstić information content (AvgIpc) is 3.56. The lowest BCUT2D eigenvalue weighted by Gasteiger charge is -2.29.